The monoisotopic (exact) mass is 437 g/mol. The van der Waals surface area contributed by atoms with Crippen LogP contribution < -0.4 is 9.64 Å². The second-order valence-corrected chi connectivity index (χ2v) is 8.47. The molecule has 2 aliphatic heterocycles. The van der Waals surface area contributed by atoms with Crippen molar-refractivity contribution in [3.8, 4) is 5.75 Å². The van der Waals surface area contributed by atoms with Crippen LogP contribution in [0, 0.1) is 5.82 Å². The maximum atomic E-state index is 15.4. The molecule has 1 atom stereocenters. The molecule has 1 saturated heterocycles. The first-order chi connectivity index (χ1) is 16.3. The lowest BCUT2D eigenvalue weighted by Crippen LogP contribution is -2.41. The molecule has 4 heteroatoms. The summed E-state index contributed by atoms with van der Waals surface area (Å²) in [6, 6.07) is 27.4. The van der Waals surface area contributed by atoms with Crippen LogP contribution in [-0.4, -0.2) is 26.3 Å². The van der Waals surface area contributed by atoms with Crippen LogP contribution in [0.1, 0.15) is 16.7 Å². The molecule has 2 aliphatic rings. The number of para-hydroxylation sites is 1. The highest BCUT2D eigenvalue weighted by molar-refractivity contribution is 5.94. The molecule has 6 rings (SSSR count). The van der Waals surface area contributed by atoms with Gasteiger partial charge in [-0.25, -0.2) is 4.39 Å². The van der Waals surface area contributed by atoms with Gasteiger partial charge in [-0.1, -0.05) is 66.7 Å². The van der Waals surface area contributed by atoms with Gasteiger partial charge in [0.1, 0.15) is 11.6 Å². The standard InChI is InChI=1S/C29H24FNO2/c30-26-11-5-3-9-24(26)29(25-10-4-6-12-27(25)31-17-19-32-20-18-31)16-15-23-22-8-2-1-7-21(22)13-14-28(23)33-29/h1-16H,17-20H2. The Morgan fingerprint density at radius 1 is 0.758 bits per heavy atom. The minimum absolute atomic E-state index is 0.289. The molecule has 0 radical (unpaired) electrons. The lowest BCUT2D eigenvalue weighted by molar-refractivity contribution is 0.121. The maximum Gasteiger partial charge on any atom is 0.182 e. The van der Waals surface area contributed by atoms with E-state index in [0.29, 0.717) is 18.8 Å². The van der Waals surface area contributed by atoms with Gasteiger partial charge in [-0.05, 0) is 41.1 Å². The first kappa shape index (κ1) is 20.0. The number of hydrogen-bond donors (Lipinski definition) is 0. The van der Waals surface area contributed by atoms with Gasteiger partial charge in [-0.15, -0.1) is 0 Å². The summed E-state index contributed by atoms with van der Waals surface area (Å²) in [5, 5.41) is 2.27. The third-order valence-corrected chi connectivity index (χ3v) is 6.62. The van der Waals surface area contributed by atoms with Crippen molar-refractivity contribution in [3.05, 3.63) is 114 Å². The lowest BCUT2D eigenvalue weighted by Gasteiger charge is -2.40. The van der Waals surface area contributed by atoms with Gasteiger partial charge in [0.05, 0.1) is 13.2 Å². The Morgan fingerprint density at radius 2 is 1.48 bits per heavy atom. The topological polar surface area (TPSA) is 21.7 Å². The molecule has 0 N–H and O–H groups in total. The van der Waals surface area contributed by atoms with Gasteiger partial charge >= 0.3 is 0 Å². The van der Waals surface area contributed by atoms with Crippen molar-refractivity contribution in [1.29, 1.82) is 0 Å². The van der Waals surface area contributed by atoms with E-state index in [1.807, 2.05) is 54.6 Å². The normalized spacial score (nSPS) is 19.8. The van der Waals surface area contributed by atoms with Crippen LogP contribution in [0.2, 0.25) is 0 Å². The highest BCUT2D eigenvalue weighted by atomic mass is 19.1. The van der Waals surface area contributed by atoms with Gasteiger partial charge in [0, 0.05) is 35.5 Å². The van der Waals surface area contributed by atoms with E-state index in [1.165, 1.54) is 6.07 Å². The fourth-order valence-corrected chi connectivity index (χ4v) is 5.01. The molecule has 0 saturated carbocycles. The third kappa shape index (κ3) is 3.30. The largest absolute Gasteiger partial charge is 0.473 e. The summed E-state index contributed by atoms with van der Waals surface area (Å²) >= 11 is 0. The molecular weight excluding hydrogens is 413 g/mol. The summed E-state index contributed by atoms with van der Waals surface area (Å²) < 4.78 is 27.8. The van der Waals surface area contributed by atoms with E-state index in [2.05, 4.69) is 35.2 Å². The lowest BCUT2D eigenvalue weighted by atomic mass is 9.81. The Morgan fingerprint density at radius 3 is 2.33 bits per heavy atom. The molecule has 3 nitrogen and oxygen atoms in total. The maximum absolute atomic E-state index is 15.4. The van der Waals surface area contributed by atoms with Gasteiger partial charge in [0.2, 0.25) is 0 Å². The molecule has 33 heavy (non-hydrogen) atoms. The molecule has 1 unspecified atom stereocenters. The van der Waals surface area contributed by atoms with E-state index in [0.717, 1.165) is 46.4 Å². The fraction of sp³-hybridized carbons (Fsp3) is 0.172. The van der Waals surface area contributed by atoms with Crippen molar-refractivity contribution >= 4 is 22.5 Å². The van der Waals surface area contributed by atoms with E-state index >= 15 is 4.39 Å². The first-order valence-corrected chi connectivity index (χ1v) is 11.3. The van der Waals surface area contributed by atoms with Gasteiger partial charge in [0.25, 0.3) is 0 Å². The summed E-state index contributed by atoms with van der Waals surface area (Å²) in [6.45, 7) is 2.92. The predicted molar refractivity (Wildman–Crippen MR) is 130 cm³/mol. The average molecular weight is 438 g/mol. The molecule has 0 aliphatic carbocycles. The molecular formula is C29H24FNO2. The molecule has 164 valence electrons. The molecule has 1 fully saturated rings. The number of fused-ring (bicyclic) bond motifs is 3. The number of ether oxygens (including phenoxy) is 2. The molecule has 0 aromatic heterocycles. The van der Waals surface area contributed by atoms with E-state index in [9.17, 15) is 0 Å². The zero-order valence-electron chi connectivity index (χ0n) is 18.2. The Bertz CT molecular complexity index is 1360. The smallest absolute Gasteiger partial charge is 0.182 e. The minimum atomic E-state index is -1.09. The van der Waals surface area contributed by atoms with Crippen LogP contribution in [0.5, 0.6) is 5.75 Å². The van der Waals surface area contributed by atoms with Crippen molar-refractivity contribution in [2.45, 2.75) is 5.60 Å². The van der Waals surface area contributed by atoms with Crippen molar-refractivity contribution < 1.29 is 13.9 Å². The molecule has 0 spiro atoms. The second kappa shape index (κ2) is 8.05. The van der Waals surface area contributed by atoms with E-state index in [1.54, 1.807) is 6.07 Å². The van der Waals surface area contributed by atoms with Crippen LogP contribution in [0.25, 0.3) is 16.8 Å². The van der Waals surface area contributed by atoms with Crippen LogP contribution in [-0.2, 0) is 10.3 Å². The number of morpholine rings is 1. The average Bonchev–Trinajstić information content (AvgIpc) is 2.89. The van der Waals surface area contributed by atoms with E-state index in [-0.39, 0.29) is 5.82 Å². The van der Waals surface area contributed by atoms with Crippen molar-refractivity contribution in [2.24, 2.45) is 0 Å². The highest BCUT2D eigenvalue weighted by Gasteiger charge is 2.41. The zero-order valence-corrected chi connectivity index (χ0v) is 18.2. The van der Waals surface area contributed by atoms with Crippen molar-refractivity contribution in [2.75, 3.05) is 31.2 Å². The SMILES string of the molecule is Fc1ccccc1C1(c2ccccc2N2CCOCC2)C=Cc2c(ccc3ccccc23)O1. The van der Waals surface area contributed by atoms with Crippen LogP contribution in [0.15, 0.2) is 91.0 Å². The molecule has 4 aromatic rings. The molecule has 0 amide bonds. The zero-order chi connectivity index (χ0) is 22.3. The number of anilines is 1. The van der Waals surface area contributed by atoms with E-state index < -0.39 is 5.60 Å². The number of halogens is 1. The van der Waals surface area contributed by atoms with Gasteiger partial charge < -0.3 is 14.4 Å². The highest BCUT2D eigenvalue weighted by Crippen LogP contribution is 2.47. The summed E-state index contributed by atoms with van der Waals surface area (Å²) in [4.78, 5) is 2.30. The summed E-state index contributed by atoms with van der Waals surface area (Å²) in [5.74, 6) is 0.458. The van der Waals surface area contributed by atoms with E-state index in [4.69, 9.17) is 9.47 Å². The Kier molecular flexibility index (Phi) is 4.88. The van der Waals surface area contributed by atoms with Gasteiger partial charge in [0.15, 0.2) is 5.60 Å². The third-order valence-electron chi connectivity index (χ3n) is 6.62. The van der Waals surface area contributed by atoms with Gasteiger partial charge in [-0.3, -0.25) is 0 Å². The quantitative estimate of drug-likeness (QED) is 0.383. The van der Waals surface area contributed by atoms with Gasteiger partial charge in [-0.2, -0.15) is 0 Å². The van der Waals surface area contributed by atoms with Crippen LogP contribution in [0.4, 0.5) is 10.1 Å². The molecule has 4 aromatic carbocycles. The summed E-state index contributed by atoms with van der Waals surface area (Å²) in [5.41, 5.74) is 2.39. The second-order valence-electron chi connectivity index (χ2n) is 8.47. The number of rotatable bonds is 3. The minimum Gasteiger partial charge on any atom is -0.473 e. The van der Waals surface area contributed by atoms with Crippen LogP contribution in [0.3, 0.4) is 0 Å². The predicted octanol–water partition coefficient (Wildman–Crippen LogP) is 6.16. The Hall–Kier alpha value is -3.63. The van der Waals surface area contributed by atoms with Crippen molar-refractivity contribution in [1.82, 2.24) is 0 Å². The Balaban J connectivity index is 1.58. The van der Waals surface area contributed by atoms with Crippen LogP contribution >= 0.6 is 0 Å². The first-order valence-electron chi connectivity index (χ1n) is 11.3. The Labute approximate surface area is 192 Å². The summed E-state index contributed by atoms with van der Waals surface area (Å²) in [6.07, 6.45) is 4.10. The number of hydrogen-bond acceptors (Lipinski definition) is 3. The summed E-state index contributed by atoms with van der Waals surface area (Å²) in [7, 11) is 0. The molecule has 2 heterocycles. The number of nitrogens with zero attached hydrogens (tertiary/aromatic N) is 1. The molecule has 0 bridgehead atoms. The fourth-order valence-electron chi connectivity index (χ4n) is 5.01. The number of benzene rings is 4. The van der Waals surface area contributed by atoms with Crippen molar-refractivity contribution in [3.63, 3.8) is 0 Å².